The van der Waals surface area contributed by atoms with Gasteiger partial charge in [-0.05, 0) is 48.7 Å². The van der Waals surface area contributed by atoms with Gasteiger partial charge in [-0.15, -0.1) is 11.3 Å². The lowest BCUT2D eigenvalue weighted by Crippen LogP contribution is -2.26. The number of nitrogens with zero attached hydrogens (tertiary/aromatic N) is 2. The minimum atomic E-state index is -0.521. The summed E-state index contributed by atoms with van der Waals surface area (Å²) in [7, 11) is 0. The molecule has 0 saturated heterocycles. The normalized spacial score (nSPS) is 12.2. The van der Waals surface area contributed by atoms with Crippen LogP contribution in [0.3, 0.4) is 0 Å². The third-order valence-electron chi connectivity index (χ3n) is 3.78. The van der Waals surface area contributed by atoms with E-state index in [1.54, 1.807) is 17.8 Å². The number of nitrogens with one attached hydrogen (secondary N) is 1. The van der Waals surface area contributed by atoms with Crippen molar-refractivity contribution in [2.75, 3.05) is 5.32 Å². The van der Waals surface area contributed by atoms with Gasteiger partial charge in [-0.25, -0.2) is 0 Å². The molecule has 3 N–H and O–H groups in total. The number of anilines is 1. The Morgan fingerprint density at radius 1 is 1.48 bits per heavy atom. The van der Waals surface area contributed by atoms with Gasteiger partial charge in [0.1, 0.15) is 11.0 Å². The summed E-state index contributed by atoms with van der Waals surface area (Å²) in [4.78, 5) is 25.3. The van der Waals surface area contributed by atoms with Crippen molar-refractivity contribution < 1.29 is 9.59 Å². The van der Waals surface area contributed by atoms with E-state index in [0.29, 0.717) is 17.0 Å². The molecule has 8 heteroatoms. The maximum absolute atomic E-state index is 12.5. The Bertz CT molecular complexity index is 766. The first-order chi connectivity index (χ1) is 10.8. The van der Waals surface area contributed by atoms with Crippen LogP contribution in [0.1, 0.15) is 46.4 Å². The molecule has 124 valence electrons. The number of carbonyl (C=O) groups excluding carboxylic acids is 2. The van der Waals surface area contributed by atoms with Crippen LogP contribution in [0, 0.1) is 13.8 Å². The van der Waals surface area contributed by atoms with E-state index in [2.05, 4.69) is 26.3 Å². The number of amides is 2. The van der Waals surface area contributed by atoms with Gasteiger partial charge >= 0.3 is 0 Å². The van der Waals surface area contributed by atoms with Gasteiger partial charge in [-0.3, -0.25) is 14.3 Å². The summed E-state index contributed by atoms with van der Waals surface area (Å²) in [5, 5.41) is 7.53. The quantitative estimate of drug-likeness (QED) is 0.809. The van der Waals surface area contributed by atoms with Gasteiger partial charge in [-0.2, -0.15) is 5.10 Å². The highest BCUT2D eigenvalue weighted by molar-refractivity contribution is 9.10. The Labute approximate surface area is 147 Å². The van der Waals surface area contributed by atoms with E-state index in [9.17, 15) is 9.59 Å². The smallest absolute Gasteiger partial charge is 0.251 e. The monoisotopic (exact) mass is 398 g/mol. The van der Waals surface area contributed by atoms with Crippen molar-refractivity contribution in [2.45, 2.75) is 40.2 Å². The van der Waals surface area contributed by atoms with Gasteiger partial charge in [0, 0.05) is 4.88 Å². The molecule has 0 aliphatic carbocycles. The first kappa shape index (κ1) is 17.7. The number of hydrogen-bond donors (Lipinski definition) is 2. The van der Waals surface area contributed by atoms with Crippen molar-refractivity contribution in [3.05, 3.63) is 32.4 Å². The first-order valence-electron chi connectivity index (χ1n) is 7.20. The molecule has 0 unspecified atom stereocenters. The molecule has 23 heavy (non-hydrogen) atoms. The lowest BCUT2D eigenvalue weighted by atomic mass is 10.1. The van der Waals surface area contributed by atoms with Crippen LogP contribution >= 0.6 is 27.3 Å². The van der Waals surface area contributed by atoms with Crippen LogP contribution in [-0.2, 0) is 11.2 Å². The van der Waals surface area contributed by atoms with E-state index >= 15 is 0 Å². The van der Waals surface area contributed by atoms with Crippen molar-refractivity contribution in [1.82, 2.24) is 9.78 Å². The molecule has 2 aromatic heterocycles. The predicted molar refractivity (Wildman–Crippen MR) is 95.0 cm³/mol. The molecule has 2 rings (SSSR count). The molecular weight excluding hydrogens is 380 g/mol. The summed E-state index contributed by atoms with van der Waals surface area (Å²) in [6, 6.07) is -0.505. The number of rotatable bonds is 5. The molecule has 2 aromatic rings. The molecule has 0 radical (unpaired) electrons. The largest absolute Gasteiger partial charge is 0.365 e. The minimum absolute atomic E-state index is 0.241. The minimum Gasteiger partial charge on any atom is -0.365 e. The average molecular weight is 399 g/mol. The van der Waals surface area contributed by atoms with E-state index in [1.807, 2.05) is 20.8 Å². The molecule has 0 aromatic carbocycles. The predicted octanol–water partition coefficient (Wildman–Crippen LogP) is 3.18. The molecule has 0 saturated carbocycles. The highest BCUT2D eigenvalue weighted by atomic mass is 79.9. The van der Waals surface area contributed by atoms with Gasteiger partial charge in [0.25, 0.3) is 5.91 Å². The van der Waals surface area contributed by atoms with E-state index in [4.69, 9.17) is 5.73 Å². The van der Waals surface area contributed by atoms with Crippen LogP contribution in [0.4, 0.5) is 5.00 Å². The zero-order valence-corrected chi connectivity index (χ0v) is 15.8. The maximum Gasteiger partial charge on any atom is 0.251 e. The SMILES string of the molecule is CCc1c(C)sc(NC(=O)[C@@H](C)n2ncc(Br)c2C)c1C(N)=O. The summed E-state index contributed by atoms with van der Waals surface area (Å²) < 4.78 is 2.47. The van der Waals surface area contributed by atoms with Crippen LogP contribution in [0.2, 0.25) is 0 Å². The Hall–Kier alpha value is -1.67. The molecule has 0 bridgehead atoms. The van der Waals surface area contributed by atoms with Crippen molar-refractivity contribution in [3.8, 4) is 0 Å². The number of carbonyl (C=O) groups is 2. The summed E-state index contributed by atoms with van der Waals surface area (Å²) in [5.74, 6) is -0.762. The van der Waals surface area contributed by atoms with E-state index < -0.39 is 11.9 Å². The fraction of sp³-hybridized carbons (Fsp3) is 0.400. The Morgan fingerprint density at radius 2 is 2.13 bits per heavy atom. The van der Waals surface area contributed by atoms with E-state index in [1.165, 1.54) is 11.3 Å². The lowest BCUT2D eigenvalue weighted by molar-refractivity contribution is -0.119. The van der Waals surface area contributed by atoms with Crippen molar-refractivity contribution in [3.63, 3.8) is 0 Å². The zero-order chi connectivity index (χ0) is 17.3. The Kier molecular flexibility index (Phi) is 5.26. The highest BCUT2D eigenvalue weighted by Crippen LogP contribution is 2.33. The molecule has 6 nitrogen and oxygen atoms in total. The molecule has 0 fully saturated rings. The van der Waals surface area contributed by atoms with E-state index in [-0.39, 0.29) is 5.91 Å². The van der Waals surface area contributed by atoms with Crippen molar-refractivity contribution in [1.29, 1.82) is 0 Å². The fourth-order valence-electron chi connectivity index (χ4n) is 2.47. The average Bonchev–Trinajstić information content (AvgIpc) is 2.98. The number of halogens is 1. The number of aromatic nitrogens is 2. The van der Waals surface area contributed by atoms with Gasteiger partial charge in [0.05, 0.1) is 21.9 Å². The fourth-order valence-corrected chi connectivity index (χ4v) is 3.90. The van der Waals surface area contributed by atoms with E-state index in [0.717, 1.165) is 20.6 Å². The van der Waals surface area contributed by atoms with Gasteiger partial charge in [0.15, 0.2) is 0 Å². The zero-order valence-electron chi connectivity index (χ0n) is 13.4. The number of hydrogen-bond acceptors (Lipinski definition) is 4. The number of aryl methyl sites for hydroxylation is 1. The topological polar surface area (TPSA) is 90.0 Å². The Morgan fingerprint density at radius 3 is 2.61 bits per heavy atom. The van der Waals surface area contributed by atoms with Crippen LogP contribution < -0.4 is 11.1 Å². The molecular formula is C15H19BrN4O2S. The molecule has 2 heterocycles. The third-order valence-corrected chi connectivity index (χ3v) is 5.62. The summed E-state index contributed by atoms with van der Waals surface area (Å²) in [6.07, 6.45) is 2.34. The van der Waals surface area contributed by atoms with Crippen LogP contribution in [0.15, 0.2) is 10.7 Å². The molecule has 1 atom stereocenters. The second-order valence-electron chi connectivity index (χ2n) is 5.25. The maximum atomic E-state index is 12.5. The first-order valence-corrected chi connectivity index (χ1v) is 8.81. The van der Waals surface area contributed by atoms with Gasteiger partial charge < -0.3 is 11.1 Å². The molecule has 0 aliphatic rings. The van der Waals surface area contributed by atoms with Crippen molar-refractivity contribution in [2.24, 2.45) is 5.73 Å². The number of thiophene rings is 1. The summed E-state index contributed by atoms with van der Waals surface area (Å²) >= 11 is 4.75. The number of nitrogens with two attached hydrogens (primary N) is 1. The van der Waals surface area contributed by atoms with Gasteiger partial charge in [-0.1, -0.05) is 6.92 Å². The van der Waals surface area contributed by atoms with Gasteiger partial charge in [0.2, 0.25) is 5.91 Å². The summed E-state index contributed by atoms with van der Waals surface area (Å²) in [5.41, 5.74) is 7.65. The molecule has 0 spiro atoms. The third kappa shape index (κ3) is 3.32. The molecule has 0 aliphatic heterocycles. The Balaban J connectivity index is 2.30. The van der Waals surface area contributed by atoms with Crippen LogP contribution in [0.5, 0.6) is 0 Å². The number of primary amides is 1. The van der Waals surface area contributed by atoms with Crippen LogP contribution in [-0.4, -0.2) is 21.6 Å². The van der Waals surface area contributed by atoms with Crippen molar-refractivity contribution >= 4 is 44.1 Å². The van der Waals surface area contributed by atoms with Crippen LogP contribution in [0.25, 0.3) is 0 Å². The molecule has 2 amide bonds. The second kappa shape index (κ2) is 6.84. The summed E-state index contributed by atoms with van der Waals surface area (Å²) in [6.45, 7) is 7.51. The second-order valence-corrected chi connectivity index (χ2v) is 7.33. The standard InChI is InChI=1S/C15H19BrN4O2S/c1-5-10-9(4)23-15(12(10)13(17)21)19-14(22)8(3)20-7(2)11(16)6-18-20/h6,8H,5H2,1-4H3,(H2,17,21)(H,19,22)/t8-/m1/s1. The lowest BCUT2D eigenvalue weighted by Gasteiger charge is -2.14. The highest BCUT2D eigenvalue weighted by Gasteiger charge is 2.24.